The fourth-order valence-corrected chi connectivity index (χ4v) is 3.17. The number of rotatable bonds is 5. The molecule has 1 aliphatic rings. The lowest BCUT2D eigenvalue weighted by molar-refractivity contribution is 0.147. The highest BCUT2D eigenvalue weighted by Gasteiger charge is 2.25. The summed E-state index contributed by atoms with van der Waals surface area (Å²) in [6.45, 7) is 2.53. The van der Waals surface area contributed by atoms with E-state index in [1.165, 1.54) is 24.8 Å². The van der Waals surface area contributed by atoms with Crippen molar-refractivity contribution in [2.75, 3.05) is 6.61 Å². The molecule has 0 saturated heterocycles. The van der Waals surface area contributed by atoms with Crippen LogP contribution in [-0.4, -0.2) is 23.8 Å². The van der Waals surface area contributed by atoms with E-state index < -0.39 is 0 Å². The number of hydrogen-bond acceptors (Lipinski definition) is 2. The second kappa shape index (κ2) is 7.28. The van der Waals surface area contributed by atoms with E-state index in [4.69, 9.17) is 11.6 Å². The van der Waals surface area contributed by atoms with Crippen molar-refractivity contribution in [1.29, 1.82) is 0 Å². The lowest BCUT2D eigenvalue weighted by atomic mass is 9.84. The van der Waals surface area contributed by atoms with Gasteiger partial charge >= 0.3 is 0 Å². The lowest BCUT2D eigenvalue weighted by Gasteiger charge is -2.33. The second-order valence-corrected chi connectivity index (χ2v) is 6.17. The molecule has 0 aromatic heterocycles. The maximum absolute atomic E-state index is 9.44. The molecule has 1 aliphatic carbocycles. The number of hydrogen-bond donors (Lipinski definition) is 2. The Morgan fingerprint density at radius 1 is 1.26 bits per heavy atom. The van der Waals surface area contributed by atoms with Crippen molar-refractivity contribution in [3.63, 3.8) is 0 Å². The van der Waals surface area contributed by atoms with Crippen molar-refractivity contribution < 1.29 is 5.11 Å². The molecule has 1 aromatic carbocycles. The van der Waals surface area contributed by atoms with Gasteiger partial charge in [0.05, 0.1) is 0 Å². The quantitative estimate of drug-likeness (QED) is 0.867. The summed E-state index contributed by atoms with van der Waals surface area (Å²) in [6.07, 6.45) is 5.89. The van der Waals surface area contributed by atoms with Crippen LogP contribution in [0.2, 0.25) is 5.02 Å². The van der Waals surface area contributed by atoms with Gasteiger partial charge in [-0.05, 0) is 49.8 Å². The fourth-order valence-electron chi connectivity index (χ4n) is 3.04. The molecule has 0 bridgehead atoms. The first kappa shape index (κ1) is 14.8. The van der Waals surface area contributed by atoms with E-state index >= 15 is 0 Å². The minimum Gasteiger partial charge on any atom is -0.396 e. The van der Waals surface area contributed by atoms with Gasteiger partial charge in [-0.2, -0.15) is 0 Å². The van der Waals surface area contributed by atoms with Crippen LogP contribution in [0.4, 0.5) is 0 Å². The van der Waals surface area contributed by atoms with Crippen LogP contribution in [0.25, 0.3) is 0 Å². The average molecular weight is 282 g/mol. The van der Waals surface area contributed by atoms with Gasteiger partial charge in [-0.3, -0.25) is 0 Å². The van der Waals surface area contributed by atoms with Crippen molar-refractivity contribution in [1.82, 2.24) is 5.32 Å². The zero-order valence-corrected chi connectivity index (χ0v) is 12.4. The average Bonchev–Trinajstić information content (AvgIpc) is 2.42. The molecule has 2 N–H and O–H groups in total. The van der Waals surface area contributed by atoms with Crippen LogP contribution >= 0.6 is 11.6 Å². The molecule has 0 aliphatic heterocycles. The zero-order valence-electron chi connectivity index (χ0n) is 11.6. The fraction of sp³-hybridized carbons (Fsp3) is 0.625. The Kier molecular flexibility index (Phi) is 5.68. The first-order chi connectivity index (χ1) is 9.19. The van der Waals surface area contributed by atoms with Crippen LogP contribution in [0.3, 0.4) is 0 Å². The van der Waals surface area contributed by atoms with Gasteiger partial charge in [0.1, 0.15) is 0 Å². The molecule has 0 radical (unpaired) electrons. The summed E-state index contributed by atoms with van der Waals surface area (Å²) in [7, 11) is 0. The maximum Gasteiger partial charge on any atom is 0.0474 e. The van der Waals surface area contributed by atoms with E-state index in [0.717, 1.165) is 17.9 Å². The van der Waals surface area contributed by atoms with E-state index in [2.05, 4.69) is 24.4 Å². The summed E-state index contributed by atoms with van der Waals surface area (Å²) in [5.41, 5.74) is 1.31. The molecule has 2 rings (SSSR count). The normalized spacial score (nSPS) is 25.2. The highest BCUT2D eigenvalue weighted by Crippen LogP contribution is 2.24. The topological polar surface area (TPSA) is 32.3 Å². The summed E-state index contributed by atoms with van der Waals surface area (Å²) in [4.78, 5) is 0. The molecular formula is C16H24ClNO. The largest absolute Gasteiger partial charge is 0.396 e. The molecule has 1 saturated carbocycles. The van der Waals surface area contributed by atoms with Gasteiger partial charge in [-0.15, -0.1) is 0 Å². The van der Waals surface area contributed by atoms with Crippen LogP contribution in [-0.2, 0) is 6.42 Å². The van der Waals surface area contributed by atoms with Crippen molar-refractivity contribution in [3.05, 3.63) is 34.9 Å². The molecule has 19 heavy (non-hydrogen) atoms. The Morgan fingerprint density at radius 2 is 1.95 bits per heavy atom. The first-order valence-corrected chi connectivity index (χ1v) is 7.68. The van der Waals surface area contributed by atoms with Crippen LogP contribution < -0.4 is 5.32 Å². The van der Waals surface area contributed by atoms with E-state index in [0.29, 0.717) is 24.6 Å². The summed E-state index contributed by atoms with van der Waals surface area (Å²) < 4.78 is 0. The van der Waals surface area contributed by atoms with Crippen LogP contribution in [0.1, 0.15) is 38.2 Å². The van der Waals surface area contributed by atoms with Crippen molar-refractivity contribution in [2.24, 2.45) is 5.92 Å². The minimum atomic E-state index is 0.311. The summed E-state index contributed by atoms with van der Waals surface area (Å²) >= 11 is 5.90. The van der Waals surface area contributed by atoms with E-state index in [-0.39, 0.29) is 0 Å². The van der Waals surface area contributed by atoms with Crippen LogP contribution in [0.5, 0.6) is 0 Å². The van der Waals surface area contributed by atoms with E-state index in [1.54, 1.807) is 0 Å². The molecule has 0 heterocycles. The summed E-state index contributed by atoms with van der Waals surface area (Å²) in [5.74, 6) is 0.432. The Bertz CT molecular complexity index is 379. The van der Waals surface area contributed by atoms with E-state index in [1.807, 2.05) is 12.1 Å². The van der Waals surface area contributed by atoms with Crippen molar-refractivity contribution >= 4 is 11.6 Å². The number of halogens is 1. The molecular weight excluding hydrogens is 258 g/mol. The third-order valence-corrected chi connectivity index (χ3v) is 4.35. The second-order valence-electron chi connectivity index (χ2n) is 5.73. The Hall–Kier alpha value is -0.570. The van der Waals surface area contributed by atoms with Gasteiger partial charge in [0.25, 0.3) is 0 Å². The number of aliphatic hydroxyl groups is 1. The number of nitrogens with one attached hydrogen (secondary N) is 1. The van der Waals surface area contributed by atoms with Crippen molar-refractivity contribution in [3.8, 4) is 0 Å². The van der Waals surface area contributed by atoms with Gasteiger partial charge < -0.3 is 10.4 Å². The standard InChI is InChI=1S/C16H24ClNO/c1-12(10-13-6-8-15(17)9-7-13)18-16-5-3-2-4-14(16)11-19/h6-9,12,14,16,18-19H,2-5,10-11H2,1H3. The van der Waals surface area contributed by atoms with E-state index in [9.17, 15) is 5.11 Å². The third kappa shape index (κ3) is 4.48. The molecule has 0 spiro atoms. The van der Waals surface area contributed by atoms with Crippen LogP contribution in [0.15, 0.2) is 24.3 Å². The van der Waals surface area contributed by atoms with Gasteiger partial charge in [-0.1, -0.05) is 36.6 Å². The monoisotopic (exact) mass is 281 g/mol. The Morgan fingerprint density at radius 3 is 2.63 bits per heavy atom. The molecule has 1 fully saturated rings. The Labute approximate surface area is 121 Å². The SMILES string of the molecule is CC(Cc1ccc(Cl)cc1)NC1CCCCC1CO. The predicted octanol–water partition coefficient (Wildman–Crippen LogP) is 3.41. The summed E-state index contributed by atoms with van der Waals surface area (Å²) in [5, 5.41) is 13.9. The first-order valence-electron chi connectivity index (χ1n) is 7.30. The molecule has 3 unspecified atom stereocenters. The predicted molar refractivity (Wildman–Crippen MR) is 80.6 cm³/mol. The molecule has 1 aromatic rings. The lowest BCUT2D eigenvalue weighted by Crippen LogP contribution is -2.45. The molecule has 3 atom stereocenters. The zero-order chi connectivity index (χ0) is 13.7. The number of aliphatic hydroxyl groups excluding tert-OH is 1. The van der Waals surface area contributed by atoms with Gasteiger partial charge in [0.15, 0.2) is 0 Å². The van der Waals surface area contributed by atoms with Crippen LogP contribution in [0, 0.1) is 5.92 Å². The number of benzene rings is 1. The summed E-state index contributed by atoms with van der Waals surface area (Å²) in [6, 6.07) is 8.97. The third-order valence-electron chi connectivity index (χ3n) is 4.10. The van der Waals surface area contributed by atoms with Gasteiger partial charge in [0, 0.05) is 23.7 Å². The smallest absolute Gasteiger partial charge is 0.0474 e. The maximum atomic E-state index is 9.44. The highest BCUT2D eigenvalue weighted by atomic mass is 35.5. The highest BCUT2D eigenvalue weighted by molar-refractivity contribution is 6.30. The van der Waals surface area contributed by atoms with Gasteiger partial charge in [-0.25, -0.2) is 0 Å². The molecule has 2 nitrogen and oxygen atoms in total. The minimum absolute atomic E-state index is 0.311. The molecule has 106 valence electrons. The molecule has 0 amide bonds. The molecule has 3 heteroatoms. The Balaban J connectivity index is 1.86. The van der Waals surface area contributed by atoms with Crippen molar-refractivity contribution in [2.45, 2.75) is 51.1 Å². The van der Waals surface area contributed by atoms with Gasteiger partial charge in [0.2, 0.25) is 0 Å².